The van der Waals surface area contributed by atoms with Gasteiger partial charge in [-0.05, 0) is 55.6 Å². The Balaban J connectivity index is 1.44. The van der Waals surface area contributed by atoms with Crippen LogP contribution in [-0.4, -0.2) is 59.8 Å². The maximum atomic E-state index is 11.9. The molecule has 4 fully saturated rings. The Morgan fingerprint density at radius 1 is 0.771 bits per heavy atom. The highest BCUT2D eigenvalue weighted by atomic mass is 16.3. The van der Waals surface area contributed by atoms with Crippen LogP contribution in [0.1, 0.15) is 89.9 Å². The molecule has 5 unspecified atom stereocenters. The monoisotopic (exact) mass is 478 g/mol. The molecule has 6 atom stereocenters. The number of hydrogen-bond acceptors (Lipinski definition) is 3. The van der Waals surface area contributed by atoms with Crippen LogP contribution in [0.2, 0.25) is 0 Å². The van der Waals surface area contributed by atoms with E-state index in [9.17, 15) is 5.11 Å². The van der Waals surface area contributed by atoms with E-state index in [4.69, 9.17) is 0 Å². The molecule has 1 spiro atoms. The highest BCUT2D eigenvalue weighted by Crippen LogP contribution is 2.55. The number of aliphatic hydroxyl groups excluding tert-OH is 1. The van der Waals surface area contributed by atoms with E-state index in [1.54, 1.807) is 0 Å². The van der Waals surface area contributed by atoms with E-state index >= 15 is 0 Å². The Morgan fingerprint density at radius 3 is 2.29 bits per heavy atom. The van der Waals surface area contributed by atoms with Crippen molar-refractivity contribution in [1.29, 1.82) is 0 Å². The molecule has 3 heteroatoms. The van der Waals surface area contributed by atoms with Crippen molar-refractivity contribution in [3.63, 3.8) is 0 Å². The molecule has 4 aliphatic heterocycles. The second kappa shape index (κ2) is 12.4. The Labute approximate surface area is 215 Å². The highest BCUT2D eigenvalue weighted by molar-refractivity contribution is 5.28. The zero-order valence-corrected chi connectivity index (χ0v) is 22.1. The third-order valence-electron chi connectivity index (χ3n) is 9.96. The molecule has 3 saturated heterocycles. The maximum absolute atomic E-state index is 11.9. The fourth-order valence-electron chi connectivity index (χ4n) is 8.25. The molecule has 4 heterocycles. The summed E-state index contributed by atoms with van der Waals surface area (Å²) >= 11 is 0. The maximum Gasteiger partial charge on any atom is 0.0808 e. The van der Waals surface area contributed by atoms with Crippen LogP contribution in [0.3, 0.4) is 0 Å². The number of nitrogens with zero attached hydrogens (tertiary/aromatic N) is 2. The first kappa shape index (κ1) is 25.5. The molecule has 35 heavy (non-hydrogen) atoms. The van der Waals surface area contributed by atoms with Crippen molar-refractivity contribution in [2.75, 3.05) is 32.7 Å². The lowest BCUT2D eigenvalue weighted by molar-refractivity contribution is -0.140. The molecular formula is C32H50N2O. The lowest BCUT2D eigenvalue weighted by atomic mass is 9.54. The molecule has 0 aromatic rings. The van der Waals surface area contributed by atoms with Gasteiger partial charge in [0.2, 0.25) is 0 Å². The van der Waals surface area contributed by atoms with Gasteiger partial charge in [-0.15, -0.1) is 0 Å². The van der Waals surface area contributed by atoms with E-state index in [1.165, 1.54) is 102 Å². The largest absolute Gasteiger partial charge is 0.388 e. The number of rotatable bonds is 0. The first-order valence-electron chi connectivity index (χ1n) is 15.1. The van der Waals surface area contributed by atoms with E-state index < -0.39 is 0 Å². The Hall–Kier alpha value is -1.16. The average molecular weight is 479 g/mol. The summed E-state index contributed by atoms with van der Waals surface area (Å²) in [4.78, 5) is 5.60. The van der Waals surface area contributed by atoms with Gasteiger partial charge in [-0.1, -0.05) is 100 Å². The summed E-state index contributed by atoms with van der Waals surface area (Å²) in [5.41, 5.74) is 1.70. The van der Waals surface area contributed by atoms with E-state index in [0.717, 1.165) is 25.9 Å². The molecular weight excluding hydrogens is 428 g/mol. The zero-order chi connectivity index (χ0) is 23.9. The normalized spacial score (nSPS) is 44.0. The summed E-state index contributed by atoms with van der Waals surface area (Å²) in [6.45, 7) is 5.96. The Kier molecular flexibility index (Phi) is 9.02. The molecule has 5 aliphatic rings. The molecule has 4 bridgehead atoms. The molecule has 0 amide bonds. The lowest BCUT2D eigenvalue weighted by Gasteiger charge is -2.63. The SMILES string of the molecule is O[C@H]1/C2=C\C/C=C/C=C\C=C/CCN3CC45CCCCCCCCCCCCN(CC1C4CC23)C5. The van der Waals surface area contributed by atoms with Crippen molar-refractivity contribution < 1.29 is 5.11 Å². The van der Waals surface area contributed by atoms with Crippen LogP contribution in [0, 0.1) is 17.3 Å². The number of fused-ring (bicyclic) bond motifs is 1. The van der Waals surface area contributed by atoms with Crippen molar-refractivity contribution >= 4 is 0 Å². The quantitative estimate of drug-likeness (QED) is 0.394. The molecule has 1 N–H and O–H groups in total. The molecule has 1 aliphatic carbocycles. The predicted octanol–water partition coefficient (Wildman–Crippen LogP) is 6.66. The van der Waals surface area contributed by atoms with Gasteiger partial charge >= 0.3 is 0 Å². The van der Waals surface area contributed by atoms with Crippen LogP contribution in [0.15, 0.2) is 48.1 Å². The summed E-state index contributed by atoms with van der Waals surface area (Å²) in [6.07, 6.45) is 34.1. The van der Waals surface area contributed by atoms with E-state index in [-0.39, 0.29) is 6.10 Å². The van der Waals surface area contributed by atoms with Crippen molar-refractivity contribution in [3.8, 4) is 0 Å². The highest BCUT2D eigenvalue weighted by Gasteiger charge is 2.58. The van der Waals surface area contributed by atoms with Gasteiger partial charge in [0, 0.05) is 38.1 Å². The number of hydrogen-bond donors (Lipinski definition) is 1. The van der Waals surface area contributed by atoms with Crippen molar-refractivity contribution in [3.05, 3.63) is 48.1 Å². The van der Waals surface area contributed by atoms with Gasteiger partial charge < -0.3 is 10.0 Å². The Bertz CT molecular complexity index is 797. The van der Waals surface area contributed by atoms with Crippen LogP contribution >= 0.6 is 0 Å². The van der Waals surface area contributed by atoms with Crippen LogP contribution in [-0.2, 0) is 0 Å². The second-order valence-electron chi connectivity index (χ2n) is 12.3. The van der Waals surface area contributed by atoms with E-state index in [1.807, 2.05) is 0 Å². The van der Waals surface area contributed by atoms with Crippen molar-refractivity contribution in [2.45, 2.75) is 102 Å². The van der Waals surface area contributed by atoms with Gasteiger partial charge in [0.15, 0.2) is 0 Å². The zero-order valence-electron chi connectivity index (χ0n) is 22.1. The number of allylic oxidation sites excluding steroid dienone is 6. The molecule has 0 aromatic heterocycles. The Morgan fingerprint density at radius 2 is 1.49 bits per heavy atom. The van der Waals surface area contributed by atoms with Gasteiger partial charge in [-0.3, -0.25) is 4.90 Å². The average Bonchev–Trinajstić information content (AvgIpc) is 2.87. The van der Waals surface area contributed by atoms with Gasteiger partial charge in [0.1, 0.15) is 0 Å². The minimum atomic E-state index is -0.268. The van der Waals surface area contributed by atoms with Crippen LogP contribution < -0.4 is 0 Å². The molecule has 0 radical (unpaired) electrons. The van der Waals surface area contributed by atoms with Crippen LogP contribution in [0.5, 0.6) is 0 Å². The fourth-order valence-corrected chi connectivity index (χ4v) is 8.25. The minimum Gasteiger partial charge on any atom is -0.388 e. The first-order valence-corrected chi connectivity index (χ1v) is 15.1. The fraction of sp³-hybridized carbons (Fsp3) is 0.750. The van der Waals surface area contributed by atoms with Crippen molar-refractivity contribution in [2.24, 2.45) is 17.3 Å². The van der Waals surface area contributed by atoms with Gasteiger partial charge in [0.25, 0.3) is 0 Å². The van der Waals surface area contributed by atoms with Crippen LogP contribution in [0.25, 0.3) is 0 Å². The molecule has 194 valence electrons. The lowest BCUT2D eigenvalue weighted by Crippen LogP contribution is -2.68. The third-order valence-corrected chi connectivity index (χ3v) is 9.96. The summed E-state index contributed by atoms with van der Waals surface area (Å²) in [5, 5.41) is 11.9. The first-order chi connectivity index (χ1) is 17.3. The summed E-state index contributed by atoms with van der Waals surface area (Å²) in [7, 11) is 0. The second-order valence-corrected chi connectivity index (χ2v) is 12.3. The van der Waals surface area contributed by atoms with Crippen LogP contribution in [0.4, 0.5) is 0 Å². The summed E-state index contributed by atoms with van der Waals surface area (Å²) in [5.74, 6) is 1.11. The van der Waals surface area contributed by atoms with Gasteiger partial charge in [-0.2, -0.15) is 0 Å². The molecule has 1 saturated carbocycles. The predicted molar refractivity (Wildman–Crippen MR) is 147 cm³/mol. The number of piperidine rings is 2. The summed E-state index contributed by atoms with van der Waals surface area (Å²) < 4.78 is 0. The van der Waals surface area contributed by atoms with E-state index in [0.29, 0.717) is 23.3 Å². The van der Waals surface area contributed by atoms with Gasteiger partial charge in [0.05, 0.1) is 6.10 Å². The summed E-state index contributed by atoms with van der Waals surface area (Å²) in [6, 6.07) is 0.440. The van der Waals surface area contributed by atoms with Crippen molar-refractivity contribution in [1.82, 2.24) is 9.80 Å². The molecule has 5 rings (SSSR count). The van der Waals surface area contributed by atoms with Gasteiger partial charge in [-0.25, -0.2) is 0 Å². The molecule has 3 nitrogen and oxygen atoms in total. The smallest absolute Gasteiger partial charge is 0.0808 e. The topological polar surface area (TPSA) is 26.7 Å². The van der Waals surface area contributed by atoms with E-state index in [2.05, 4.69) is 52.3 Å². The minimum absolute atomic E-state index is 0.268. The third kappa shape index (κ3) is 6.05. The standard InChI is InChI=1S/C32H50N2O/c35-31-27-19-15-11-7-3-6-10-14-18-22-34-26-32-20-16-12-8-4-1-2-5-9-13-17-21-33(25-32)24-28(31)29(32)23-30(27)34/h3,6-7,10-11,14,19,28-31,35H,1-2,4-5,8-9,12-13,15-18,20-26H2/b6-3-,11-7+,14-10-,27-19-/t28?,29?,30?,31-,32?/m0/s1. The number of aliphatic hydroxyl groups is 1. The molecule has 0 aromatic carbocycles.